The molecule has 0 saturated carbocycles. The highest BCUT2D eigenvalue weighted by Crippen LogP contribution is 2.30. The summed E-state index contributed by atoms with van der Waals surface area (Å²) >= 11 is 0. The molecule has 1 aliphatic rings. The molecule has 1 aliphatic carbocycles. The minimum absolute atomic E-state index is 0.161. The van der Waals surface area contributed by atoms with Gasteiger partial charge in [-0.15, -0.1) is 0 Å². The molecular formula is C16H11FO2. The summed E-state index contributed by atoms with van der Waals surface area (Å²) in [6, 6.07) is 13.1. The van der Waals surface area contributed by atoms with E-state index in [4.69, 9.17) is 0 Å². The molecule has 2 aromatic carbocycles. The van der Waals surface area contributed by atoms with Gasteiger partial charge in [0.1, 0.15) is 5.82 Å². The van der Waals surface area contributed by atoms with E-state index < -0.39 is 11.7 Å². The number of benzene rings is 2. The van der Waals surface area contributed by atoms with Gasteiger partial charge in [0, 0.05) is 11.1 Å². The first-order valence-corrected chi connectivity index (χ1v) is 6.09. The molecule has 3 heteroatoms. The lowest BCUT2D eigenvalue weighted by Gasteiger charge is -2.06. The molecule has 94 valence electrons. The van der Waals surface area contributed by atoms with Crippen LogP contribution >= 0.6 is 0 Å². The first-order valence-electron chi connectivity index (χ1n) is 6.09. The molecule has 0 bridgehead atoms. The Morgan fingerprint density at radius 2 is 1.79 bits per heavy atom. The molecule has 0 spiro atoms. The van der Waals surface area contributed by atoms with Gasteiger partial charge in [0.15, 0.2) is 11.6 Å². The maximum Gasteiger partial charge on any atom is 0.174 e. The summed E-state index contributed by atoms with van der Waals surface area (Å²) in [5, 5.41) is 0. The molecule has 0 heterocycles. The zero-order valence-electron chi connectivity index (χ0n) is 10.1. The number of fused-ring (bicyclic) bond motifs is 1. The van der Waals surface area contributed by atoms with E-state index in [1.54, 1.807) is 30.3 Å². The predicted molar refractivity (Wildman–Crippen MR) is 68.7 cm³/mol. The monoisotopic (exact) mass is 254 g/mol. The average Bonchev–Trinajstić information content (AvgIpc) is 2.78. The van der Waals surface area contributed by atoms with E-state index in [1.165, 1.54) is 12.1 Å². The molecule has 2 aromatic rings. The van der Waals surface area contributed by atoms with E-state index in [9.17, 15) is 14.0 Å². The fourth-order valence-electron chi connectivity index (χ4n) is 2.50. The van der Waals surface area contributed by atoms with E-state index in [-0.39, 0.29) is 18.0 Å². The van der Waals surface area contributed by atoms with Crippen molar-refractivity contribution < 1.29 is 14.0 Å². The molecule has 0 aromatic heterocycles. The van der Waals surface area contributed by atoms with Crippen LogP contribution in [0.1, 0.15) is 26.3 Å². The number of carbonyl (C=O) groups excluding carboxylic acids is 2. The molecule has 0 radical (unpaired) electrons. The Bertz CT molecular complexity index is 662. The zero-order chi connectivity index (χ0) is 13.4. The Hall–Kier alpha value is -2.29. The summed E-state index contributed by atoms with van der Waals surface area (Å²) < 4.78 is 13.6. The lowest BCUT2D eigenvalue weighted by molar-refractivity contribution is 0.0822. The fraction of sp³-hybridized carbons (Fsp3) is 0.125. The molecular weight excluding hydrogens is 243 g/mol. The van der Waals surface area contributed by atoms with Gasteiger partial charge in [-0.3, -0.25) is 9.59 Å². The number of carbonyl (C=O) groups is 2. The Balaban J connectivity index is 1.97. The van der Waals surface area contributed by atoms with E-state index >= 15 is 0 Å². The van der Waals surface area contributed by atoms with Crippen LogP contribution in [0.15, 0.2) is 48.5 Å². The quantitative estimate of drug-likeness (QED) is 0.609. The largest absolute Gasteiger partial charge is 0.293 e. The van der Waals surface area contributed by atoms with Crippen LogP contribution in [-0.4, -0.2) is 11.6 Å². The lowest BCUT2D eigenvalue weighted by Crippen LogP contribution is -2.20. The summed E-state index contributed by atoms with van der Waals surface area (Å²) in [7, 11) is 0. The third-order valence-electron chi connectivity index (χ3n) is 3.48. The van der Waals surface area contributed by atoms with Gasteiger partial charge >= 0.3 is 0 Å². The van der Waals surface area contributed by atoms with Crippen molar-refractivity contribution in [1.29, 1.82) is 0 Å². The lowest BCUT2D eigenvalue weighted by atomic mass is 9.94. The first kappa shape index (κ1) is 11.8. The number of hydrogen-bond donors (Lipinski definition) is 0. The maximum absolute atomic E-state index is 13.6. The summed E-state index contributed by atoms with van der Waals surface area (Å²) in [5.41, 5.74) is 1.20. The van der Waals surface area contributed by atoms with Crippen LogP contribution < -0.4 is 0 Å². The third-order valence-corrected chi connectivity index (χ3v) is 3.48. The van der Waals surface area contributed by atoms with Gasteiger partial charge in [0.2, 0.25) is 0 Å². The molecule has 0 N–H and O–H groups in total. The molecule has 2 nitrogen and oxygen atoms in total. The molecule has 3 rings (SSSR count). The number of hydrogen-bond acceptors (Lipinski definition) is 2. The summed E-state index contributed by atoms with van der Waals surface area (Å²) in [4.78, 5) is 24.5. The number of halogens is 1. The standard InChI is InChI=1S/C16H11FO2/c17-14-8-4-7-11-12(14)9-13(16(11)19)15(18)10-5-2-1-3-6-10/h1-8,13H,9H2. The molecule has 1 unspecified atom stereocenters. The van der Waals surface area contributed by atoms with Crippen LogP contribution in [0.3, 0.4) is 0 Å². The van der Waals surface area contributed by atoms with Crippen molar-refractivity contribution in [3.05, 3.63) is 71.0 Å². The SMILES string of the molecule is O=C(c1ccccc1)C1Cc2c(F)cccc2C1=O. The van der Waals surface area contributed by atoms with Crippen molar-refractivity contribution in [3.8, 4) is 0 Å². The van der Waals surface area contributed by atoms with Crippen LogP contribution in [0.4, 0.5) is 4.39 Å². The molecule has 0 amide bonds. The van der Waals surface area contributed by atoms with E-state index in [2.05, 4.69) is 0 Å². The first-order chi connectivity index (χ1) is 9.18. The minimum atomic E-state index is -0.783. The Morgan fingerprint density at radius 3 is 2.47 bits per heavy atom. The average molecular weight is 254 g/mol. The van der Waals surface area contributed by atoms with Crippen molar-refractivity contribution in [2.75, 3.05) is 0 Å². The van der Waals surface area contributed by atoms with Gasteiger partial charge in [-0.25, -0.2) is 4.39 Å². The van der Waals surface area contributed by atoms with Crippen molar-refractivity contribution in [2.24, 2.45) is 5.92 Å². The number of rotatable bonds is 2. The fourth-order valence-corrected chi connectivity index (χ4v) is 2.50. The minimum Gasteiger partial charge on any atom is -0.293 e. The van der Waals surface area contributed by atoms with E-state index in [1.807, 2.05) is 6.07 Å². The van der Waals surface area contributed by atoms with Gasteiger partial charge in [0.05, 0.1) is 5.92 Å². The second-order valence-corrected chi connectivity index (χ2v) is 4.62. The van der Waals surface area contributed by atoms with Crippen molar-refractivity contribution in [2.45, 2.75) is 6.42 Å². The van der Waals surface area contributed by atoms with Crippen LogP contribution in [0.5, 0.6) is 0 Å². The van der Waals surface area contributed by atoms with E-state index in [0.29, 0.717) is 16.7 Å². The maximum atomic E-state index is 13.6. The molecule has 0 fully saturated rings. The van der Waals surface area contributed by atoms with Gasteiger partial charge < -0.3 is 0 Å². The second-order valence-electron chi connectivity index (χ2n) is 4.62. The van der Waals surface area contributed by atoms with Crippen LogP contribution in [0.2, 0.25) is 0 Å². The Morgan fingerprint density at radius 1 is 1.05 bits per heavy atom. The summed E-state index contributed by atoms with van der Waals surface area (Å²) in [6.07, 6.45) is 0.161. The normalized spacial score (nSPS) is 17.3. The molecule has 0 saturated heterocycles. The Labute approximate surface area is 109 Å². The van der Waals surface area contributed by atoms with Crippen molar-refractivity contribution >= 4 is 11.6 Å². The molecule has 0 aliphatic heterocycles. The highest BCUT2D eigenvalue weighted by atomic mass is 19.1. The predicted octanol–water partition coefficient (Wildman–Crippen LogP) is 3.06. The molecule has 1 atom stereocenters. The highest BCUT2D eigenvalue weighted by Gasteiger charge is 2.37. The Kier molecular flexibility index (Phi) is 2.75. The highest BCUT2D eigenvalue weighted by molar-refractivity contribution is 6.18. The topological polar surface area (TPSA) is 34.1 Å². The van der Waals surface area contributed by atoms with Gasteiger partial charge in [-0.05, 0) is 18.1 Å². The summed E-state index contributed by atoms with van der Waals surface area (Å²) in [6.45, 7) is 0. The zero-order valence-corrected chi connectivity index (χ0v) is 10.1. The van der Waals surface area contributed by atoms with Crippen molar-refractivity contribution in [1.82, 2.24) is 0 Å². The van der Waals surface area contributed by atoms with Crippen LogP contribution in [0, 0.1) is 11.7 Å². The van der Waals surface area contributed by atoms with Gasteiger partial charge in [-0.1, -0.05) is 42.5 Å². The van der Waals surface area contributed by atoms with Crippen LogP contribution in [-0.2, 0) is 6.42 Å². The number of ketones is 2. The smallest absolute Gasteiger partial charge is 0.174 e. The summed E-state index contributed by atoms with van der Waals surface area (Å²) in [5.74, 6) is -1.70. The van der Waals surface area contributed by atoms with E-state index in [0.717, 1.165) is 0 Å². The van der Waals surface area contributed by atoms with Crippen molar-refractivity contribution in [3.63, 3.8) is 0 Å². The third kappa shape index (κ3) is 1.87. The second kappa shape index (κ2) is 4.43. The molecule has 19 heavy (non-hydrogen) atoms. The van der Waals surface area contributed by atoms with Gasteiger partial charge in [-0.2, -0.15) is 0 Å². The number of Topliss-reactive ketones (excluding diaryl/α,β-unsaturated/α-hetero) is 2. The van der Waals surface area contributed by atoms with Gasteiger partial charge in [0.25, 0.3) is 0 Å². The van der Waals surface area contributed by atoms with Crippen LogP contribution in [0.25, 0.3) is 0 Å².